The Kier molecular flexibility index (Phi) is 6.40. The van der Waals surface area contributed by atoms with E-state index in [-0.39, 0.29) is 24.4 Å². The number of amides is 1. The number of nitrogens with one attached hydrogen (secondary N) is 1. The molecule has 0 bridgehead atoms. The molecule has 1 N–H and O–H groups in total. The van der Waals surface area contributed by atoms with Crippen molar-refractivity contribution < 1.29 is 18.7 Å². The maximum atomic E-state index is 13.3. The van der Waals surface area contributed by atoms with E-state index < -0.39 is 0 Å². The molecule has 1 atom stereocenters. The largest absolute Gasteiger partial charge is 0.497 e. The summed E-state index contributed by atoms with van der Waals surface area (Å²) < 4.78 is 24.1. The van der Waals surface area contributed by atoms with Crippen LogP contribution in [0, 0.1) is 5.82 Å². The lowest BCUT2D eigenvalue weighted by Crippen LogP contribution is -2.38. The molecule has 0 radical (unpaired) electrons. The van der Waals surface area contributed by atoms with Gasteiger partial charge in [-0.2, -0.15) is 0 Å². The molecule has 32 heavy (non-hydrogen) atoms. The summed E-state index contributed by atoms with van der Waals surface area (Å²) in [5.74, 6) is 0.685. The minimum absolute atomic E-state index is 0.144. The summed E-state index contributed by atoms with van der Waals surface area (Å²) in [6.45, 7) is 2.29. The van der Waals surface area contributed by atoms with Gasteiger partial charge in [0.05, 0.1) is 13.2 Å². The number of benzene rings is 3. The monoisotopic (exact) mass is 432 g/mol. The molecule has 0 aliphatic carbocycles. The second-order valence-corrected chi connectivity index (χ2v) is 7.39. The highest BCUT2D eigenvalue weighted by atomic mass is 19.1. The Bertz CT molecular complexity index is 1190. The molecule has 1 aromatic heterocycles. The van der Waals surface area contributed by atoms with Crippen LogP contribution in [0.4, 0.5) is 4.39 Å². The van der Waals surface area contributed by atoms with Gasteiger partial charge in [-0.3, -0.25) is 4.79 Å². The number of methoxy groups -OCH3 is 1. The van der Waals surface area contributed by atoms with E-state index in [2.05, 4.69) is 4.98 Å². The fourth-order valence-electron chi connectivity index (χ4n) is 3.90. The Hall–Kier alpha value is -3.80. The number of H-pyrrole nitrogens is 1. The summed E-state index contributed by atoms with van der Waals surface area (Å²) in [7, 11) is 1.63. The standard InChI is InChI=1S/C26H25FN2O3/c1-3-29(25(30)17-32-21-14-10-19(27)11-15-21)26(18-8-12-20(31-2)13-9-18)23-16-28-24-7-5-4-6-22(23)24/h4-16,26,28H,3,17H2,1-2H3. The van der Waals surface area contributed by atoms with E-state index in [9.17, 15) is 9.18 Å². The normalized spacial score (nSPS) is 11.8. The number of hydrogen-bond acceptors (Lipinski definition) is 3. The second kappa shape index (κ2) is 9.56. The molecule has 0 spiro atoms. The molecule has 0 aliphatic heterocycles. The van der Waals surface area contributed by atoms with E-state index in [4.69, 9.17) is 9.47 Å². The van der Waals surface area contributed by atoms with Crippen molar-refractivity contribution in [2.24, 2.45) is 0 Å². The van der Waals surface area contributed by atoms with Gasteiger partial charge in [-0.25, -0.2) is 4.39 Å². The molecular formula is C26H25FN2O3. The van der Waals surface area contributed by atoms with Gasteiger partial charge in [0.2, 0.25) is 0 Å². The SMILES string of the molecule is CCN(C(=O)COc1ccc(F)cc1)C(c1ccc(OC)cc1)c1c[nH]c2ccccc12. The second-order valence-electron chi connectivity index (χ2n) is 7.39. The minimum Gasteiger partial charge on any atom is -0.497 e. The first-order valence-electron chi connectivity index (χ1n) is 10.5. The quantitative estimate of drug-likeness (QED) is 0.409. The number of para-hydroxylation sites is 1. The summed E-state index contributed by atoms with van der Waals surface area (Å²) in [4.78, 5) is 18.4. The number of carbonyl (C=O) groups is 1. The van der Waals surface area contributed by atoms with Gasteiger partial charge in [0.25, 0.3) is 5.91 Å². The van der Waals surface area contributed by atoms with Crippen molar-refractivity contribution in [1.29, 1.82) is 0 Å². The molecule has 0 saturated heterocycles. The first-order valence-corrected chi connectivity index (χ1v) is 10.5. The van der Waals surface area contributed by atoms with Crippen LogP contribution in [-0.2, 0) is 4.79 Å². The molecule has 3 aromatic carbocycles. The Labute approximate surface area is 186 Å². The van der Waals surface area contributed by atoms with E-state index in [1.54, 1.807) is 12.0 Å². The minimum atomic E-state index is -0.349. The van der Waals surface area contributed by atoms with Gasteiger partial charge in [0, 0.05) is 29.2 Å². The van der Waals surface area contributed by atoms with Crippen molar-refractivity contribution >= 4 is 16.8 Å². The number of carbonyl (C=O) groups excluding carboxylic acids is 1. The number of aromatic amines is 1. The molecule has 1 amide bonds. The van der Waals surface area contributed by atoms with Crippen LogP contribution in [0.1, 0.15) is 24.1 Å². The highest BCUT2D eigenvalue weighted by Gasteiger charge is 2.28. The van der Waals surface area contributed by atoms with E-state index in [1.165, 1.54) is 24.3 Å². The van der Waals surface area contributed by atoms with E-state index in [1.807, 2.05) is 61.7 Å². The fraction of sp³-hybridized carbons (Fsp3) is 0.192. The number of fused-ring (bicyclic) bond motifs is 1. The third kappa shape index (κ3) is 4.44. The molecular weight excluding hydrogens is 407 g/mol. The first kappa shape index (κ1) is 21.4. The lowest BCUT2D eigenvalue weighted by Gasteiger charge is -2.31. The Balaban J connectivity index is 1.68. The number of likely N-dealkylation sites (N-methyl/N-ethyl adjacent to an activating group) is 1. The maximum Gasteiger partial charge on any atom is 0.261 e. The number of ether oxygens (including phenoxy) is 2. The zero-order valence-electron chi connectivity index (χ0n) is 18.0. The third-order valence-corrected chi connectivity index (χ3v) is 5.50. The van der Waals surface area contributed by atoms with Crippen molar-refractivity contribution in [2.75, 3.05) is 20.3 Å². The van der Waals surface area contributed by atoms with E-state index >= 15 is 0 Å². The summed E-state index contributed by atoms with van der Waals surface area (Å²) in [5.41, 5.74) is 2.97. The number of nitrogens with zero attached hydrogens (tertiary/aromatic N) is 1. The van der Waals surface area contributed by atoms with Crippen LogP contribution in [0.25, 0.3) is 10.9 Å². The maximum absolute atomic E-state index is 13.3. The van der Waals surface area contributed by atoms with Gasteiger partial charge in [-0.1, -0.05) is 30.3 Å². The molecule has 1 heterocycles. The van der Waals surface area contributed by atoms with Crippen LogP contribution in [0.3, 0.4) is 0 Å². The van der Waals surface area contributed by atoms with Crippen LogP contribution in [0.15, 0.2) is 79.0 Å². The van der Waals surface area contributed by atoms with Gasteiger partial charge in [0.15, 0.2) is 6.61 Å². The Morgan fingerprint density at radius 1 is 1.00 bits per heavy atom. The Morgan fingerprint density at radius 3 is 2.38 bits per heavy atom. The van der Waals surface area contributed by atoms with Crippen molar-refractivity contribution in [3.63, 3.8) is 0 Å². The number of hydrogen-bond donors (Lipinski definition) is 1. The molecule has 0 fully saturated rings. The molecule has 4 aromatic rings. The summed E-state index contributed by atoms with van der Waals surface area (Å²) in [6.07, 6.45) is 1.95. The number of aromatic nitrogens is 1. The van der Waals surface area contributed by atoms with Crippen LogP contribution in [0.5, 0.6) is 11.5 Å². The van der Waals surface area contributed by atoms with Crippen LogP contribution in [0.2, 0.25) is 0 Å². The average Bonchev–Trinajstić information content (AvgIpc) is 3.26. The summed E-state index contributed by atoms with van der Waals surface area (Å²) >= 11 is 0. The Morgan fingerprint density at radius 2 is 1.69 bits per heavy atom. The lowest BCUT2D eigenvalue weighted by molar-refractivity contribution is -0.134. The van der Waals surface area contributed by atoms with Gasteiger partial charge < -0.3 is 19.4 Å². The van der Waals surface area contributed by atoms with Crippen molar-refractivity contribution in [3.05, 3.63) is 95.9 Å². The zero-order chi connectivity index (χ0) is 22.5. The summed E-state index contributed by atoms with van der Waals surface area (Å²) in [6, 6.07) is 21.1. The van der Waals surface area contributed by atoms with Gasteiger partial charge in [0.1, 0.15) is 17.3 Å². The van der Waals surface area contributed by atoms with Gasteiger partial charge in [-0.15, -0.1) is 0 Å². The topological polar surface area (TPSA) is 54.6 Å². The molecule has 0 saturated carbocycles. The van der Waals surface area contributed by atoms with Crippen molar-refractivity contribution in [3.8, 4) is 11.5 Å². The lowest BCUT2D eigenvalue weighted by atomic mass is 9.96. The van der Waals surface area contributed by atoms with Gasteiger partial charge >= 0.3 is 0 Å². The van der Waals surface area contributed by atoms with Crippen molar-refractivity contribution in [2.45, 2.75) is 13.0 Å². The highest BCUT2D eigenvalue weighted by molar-refractivity contribution is 5.86. The number of halogens is 1. The van der Waals surface area contributed by atoms with Crippen molar-refractivity contribution in [1.82, 2.24) is 9.88 Å². The molecule has 4 rings (SSSR count). The fourth-order valence-corrected chi connectivity index (χ4v) is 3.90. The van der Waals surface area contributed by atoms with Crippen LogP contribution in [-0.4, -0.2) is 36.1 Å². The first-order chi connectivity index (χ1) is 15.6. The smallest absolute Gasteiger partial charge is 0.261 e. The predicted octanol–water partition coefficient (Wildman–Crippen LogP) is 5.33. The number of rotatable bonds is 8. The predicted molar refractivity (Wildman–Crippen MR) is 122 cm³/mol. The zero-order valence-corrected chi connectivity index (χ0v) is 18.0. The van der Waals surface area contributed by atoms with E-state index in [0.717, 1.165) is 27.8 Å². The third-order valence-electron chi connectivity index (χ3n) is 5.50. The van der Waals surface area contributed by atoms with E-state index in [0.29, 0.717) is 12.3 Å². The average molecular weight is 432 g/mol. The summed E-state index contributed by atoms with van der Waals surface area (Å²) in [5, 5.41) is 1.05. The molecule has 164 valence electrons. The molecule has 1 unspecified atom stereocenters. The molecule has 5 nitrogen and oxygen atoms in total. The molecule has 0 aliphatic rings. The van der Waals surface area contributed by atoms with Gasteiger partial charge in [-0.05, 0) is 55.0 Å². The molecule has 6 heteroatoms. The van der Waals surface area contributed by atoms with Crippen LogP contribution < -0.4 is 9.47 Å². The highest BCUT2D eigenvalue weighted by Crippen LogP contribution is 2.34. The van der Waals surface area contributed by atoms with Crippen LogP contribution >= 0.6 is 0 Å².